The Hall–Kier alpha value is -2.16. The van der Waals surface area contributed by atoms with Crippen molar-refractivity contribution in [2.24, 2.45) is 0 Å². The second-order valence-electron chi connectivity index (χ2n) is 8.02. The summed E-state index contributed by atoms with van der Waals surface area (Å²) < 4.78 is 71.6. The maximum Gasteiger partial charge on any atom is 0.264 e. The molecule has 3 rings (SSSR count). The van der Waals surface area contributed by atoms with Crippen molar-refractivity contribution in [2.75, 3.05) is 15.8 Å². The summed E-state index contributed by atoms with van der Waals surface area (Å²) in [5, 5.41) is 0.336. The average Bonchev–Trinajstić information content (AvgIpc) is 2.81. The van der Waals surface area contributed by atoms with Gasteiger partial charge < -0.3 is 0 Å². The minimum atomic E-state index is -4.35. The highest BCUT2D eigenvalue weighted by Gasteiger charge is 2.33. The second kappa shape index (κ2) is 12.2. The number of rotatable bonds is 11. The van der Waals surface area contributed by atoms with Crippen LogP contribution < -0.4 is 4.31 Å². The van der Waals surface area contributed by atoms with E-state index in [4.69, 9.17) is 11.6 Å². The van der Waals surface area contributed by atoms with Gasteiger partial charge in [0.2, 0.25) is 0 Å². The number of unbranched alkanes of at least 4 members (excludes halogenated alkanes) is 1. The van der Waals surface area contributed by atoms with Crippen molar-refractivity contribution in [1.29, 1.82) is 0 Å². The van der Waals surface area contributed by atoms with Gasteiger partial charge in [0.05, 0.1) is 16.6 Å². The number of sulfonamides is 1. The molecule has 0 spiro atoms. The second-order valence-corrected chi connectivity index (χ2v) is 11.7. The largest absolute Gasteiger partial charge is 0.264 e. The maximum absolute atomic E-state index is 14.9. The third kappa shape index (κ3) is 6.74. The molecule has 0 N–H and O–H groups in total. The third-order valence-corrected chi connectivity index (χ3v) is 8.75. The highest BCUT2D eigenvalue weighted by Crippen LogP contribution is 2.37. The van der Waals surface area contributed by atoms with Crippen LogP contribution in [0.1, 0.15) is 43.9 Å². The van der Waals surface area contributed by atoms with Gasteiger partial charge in [-0.2, -0.15) is 11.8 Å². The quantitative estimate of drug-likeness (QED) is 0.232. The van der Waals surface area contributed by atoms with Crippen molar-refractivity contribution >= 4 is 39.1 Å². The van der Waals surface area contributed by atoms with Gasteiger partial charge in [-0.25, -0.2) is 21.6 Å². The molecule has 0 amide bonds. The van der Waals surface area contributed by atoms with Gasteiger partial charge >= 0.3 is 0 Å². The van der Waals surface area contributed by atoms with E-state index < -0.39 is 39.2 Å². The Balaban J connectivity index is 2.09. The van der Waals surface area contributed by atoms with Gasteiger partial charge in [-0.05, 0) is 97.3 Å². The smallest absolute Gasteiger partial charge is 0.256 e. The molecule has 0 heterocycles. The Kier molecular flexibility index (Phi) is 9.55. The van der Waals surface area contributed by atoms with Gasteiger partial charge in [0, 0.05) is 11.1 Å². The fraction of sp³-hybridized carbons (Fsp3) is 0.308. The lowest BCUT2D eigenvalue weighted by atomic mass is 9.97. The Bertz CT molecular complexity index is 1250. The van der Waals surface area contributed by atoms with Crippen LogP contribution in [-0.4, -0.2) is 19.9 Å². The Morgan fingerprint density at radius 1 is 0.943 bits per heavy atom. The molecule has 0 saturated heterocycles. The van der Waals surface area contributed by atoms with E-state index in [2.05, 4.69) is 6.92 Å². The molecule has 0 radical (unpaired) electrons. The number of hydrogen-bond donors (Lipinski definition) is 0. The lowest BCUT2D eigenvalue weighted by Crippen LogP contribution is -2.35. The summed E-state index contributed by atoms with van der Waals surface area (Å²) in [6, 6.07) is 11.3. The number of anilines is 1. The number of thioether (sulfide) groups is 1. The molecule has 0 unspecified atom stereocenters. The molecular weight excluding hydrogens is 515 g/mol. The first kappa shape index (κ1) is 27.4. The van der Waals surface area contributed by atoms with Crippen LogP contribution in [0.5, 0.6) is 0 Å². The predicted octanol–water partition coefficient (Wildman–Crippen LogP) is 7.79. The molecule has 0 bridgehead atoms. The lowest BCUT2D eigenvalue weighted by Gasteiger charge is -2.32. The number of hydrogen-bond acceptors (Lipinski definition) is 3. The van der Waals surface area contributed by atoms with Crippen molar-refractivity contribution < 1.29 is 21.6 Å². The average molecular weight is 542 g/mol. The predicted molar refractivity (Wildman–Crippen MR) is 138 cm³/mol. The van der Waals surface area contributed by atoms with E-state index in [0.29, 0.717) is 22.6 Å². The lowest BCUT2D eigenvalue weighted by molar-refractivity contribution is 0.569. The zero-order valence-corrected chi connectivity index (χ0v) is 21.9. The number of benzene rings is 3. The first-order valence-electron chi connectivity index (χ1n) is 11.3. The van der Waals surface area contributed by atoms with Crippen LogP contribution in [0, 0.1) is 17.5 Å². The van der Waals surface area contributed by atoms with Gasteiger partial charge in [0.15, 0.2) is 0 Å². The Labute approximate surface area is 214 Å². The topological polar surface area (TPSA) is 37.4 Å². The molecule has 1 atom stereocenters. The highest BCUT2D eigenvalue weighted by molar-refractivity contribution is 7.99. The monoisotopic (exact) mass is 541 g/mol. The molecule has 0 aliphatic heterocycles. The molecule has 0 aliphatic carbocycles. The summed E-state index contributed by atoms with van der Waals surface area (Å²) in [4.78, 5) is -0.127. The van der Waals surface area contributed by atoms with E-state index in [0.717, 1.165) is 46.9 Å². The van der Waals surface area contributed by atoms with Crippen molar-refractivity contribution in [3.05, 3.63) is 94.3 Å². The summed E-state index contributed by atoms with van der Waals surface area (Å²) in [5.74, 6) is -0.127. The van der Waals surface area contributed by atoms with Gasteiger partial charge in [-0.3, -0.25) is 4.31 Å². The molecule has 0 saturated carbocycles. The van der Waals surface area contributed by atoms with E-state index >= 15 is 0 Å². The van der Waals surface area contributed by atoms with Gasteiger partial charge in [0.1, 0.15) is 17.5 Å². The van der Waals surface area contributed by atoms with Crippen molar-refractivity contribution in [1.82, 2.24) is 0 Å². The van der Waals surface area contributed by atoms with Crippen LogP contribution >= 0.6 is 23.4 Å². The van der Waals surface area contributed by atoms with Crippen LogP contribution in [0.4, 0.5) is 18.9 Å². The fourth-order valence-corrected chi connectivity index (χ4v) is 6.37. The van der Waals surface area contributed by atoms with Gasteiger partial charge in [-0.15, -0.1) is 0 Å². The summed E-state index contributed by atoms with van der Waals surface area (Å²) >= 11 is 7.74. The van der Waals surface area contributed by atoms with Crippen LogP contribution in [-0.2, 0) is 16.4 Å². The minimum absolute atomic E-state index is 0.127. The van der Waals surface area contributed by atoms with Crippen LogP contribution in [0.2, 0.25) is 5.02 Å². The van der Waals surface area contributed by atoms with Crippen LogP contribution in [0.3, 0.4) is 0 Å². The highest BCUT2D eigenvalue weighted by atomic mass is 35.5. The zero-order chi connectivity index (χ0) is 25.6. The fourth-order valence-electron chi connectivity index (χ4n) is 3.91. The van der Waals surface area contributed by atoms with E-state index in [1.54, 1.807) is 6.92 Å². The maximum atomic E-state index is 14.9. The summed E-state index contributed by atoms with van der Waals surface area (Å²) in [6.45, 7) is 3.67. The van der Waals surface area contributed by atoms with E-state index in [-0.39, 0.29) is 4.90 Å². The van der Waals surface area contributed by atoms with E-state index in [1.165, 1.54) is 42.5 Å². The van der Waals surface area contributed by atoms with Gasteiger partial charge in [-0.1, -0.05) is 24.6 Å². The molecule has 0 aromatic heterocycles. The standard InChI is InChI=1S/C26H27ClF3NO2S2/c1-3-34-15-5-4-6-19-16-21(28)9-13-24(19)18(2)31(26-17-22(29)10-14-25(26)30)35(32,33)23-11-7-20(27)8-12-23/h7-14,16-18H,3-6,15H2,1-2H3/t18-/m1/s1. The molecule has 0 aliphatic rings. The van der Waals surface area contributed by atoms with Crippen molar-refractivity contribution in [3.8, 4) is 0 Å². The Morgan fingerprint density at radius 2 is 1.60 bits per heavy atom. The minimum Gasteiger partial charge on any atom is -0.256 e. The number of aryl methyl sites for hydroxylation is 1. The van der Waals surface area contributed by atoms with Crippen LogP contribution in [0.25, 0.3) is 0 Å². The summed E-state index contributed by atoms with van der Waals surface area (Å²) in [5.41, 5.74) is 0.727. The first-order chi connectivity index (χ1) is 16.6. The molecule has 188 valence electrons. The molecule has 35 heavy (non-hydrogen) atoms. The normalized spacial score (nSPS) is 12.5. The first-order valence-corrected chi connectivity index (χ1v) is 14.2. The molecule has 3 aromatic carbocycles. The molecule has 9 heteroatoms. The summed E-state index contributed by atoms with van der Waals surface area (Å²) in [6.07, 6.45) is 2.24. The molecular formula is C26H27ClF3NO2S2. The van der Waals surface area contributed by atoms with Crippen molar-refractivity contribution in [2.45, 2.75) is 44.0 Å². The molecule has 3 aromatic rings. The van der Waals surface area contributed by atoms with E-state index in [1.807, 2.05) is 11.8 Å². The SMILES string of the molecule is CCSCCCCc1cc(F)ccc1[C@@H](C)N(c1cc(F)ccc1F)S(=O)(=O)c1ccc(Cl)cc1. The molecule has 0 fully saturated rings. The number of halogens is 4. The van der Waals surface area contributed by atoms with Gasteiger partial charge in [0.25, 0.3) is 10.0 Å². The molecule has 3 nitrogen and oxygen atoms in total. The summed E-state index contributed by atoms with van der Waals surface area (Å²) in [7, 11) is -4.35. The third-order valence-electron chi connectivity index (χ3n) is 5.61. The zero-order valence-electron chi connectivity index (χ0n) is 19.5. The number of nitrogens with zero attached hydrogens (tertiary/aromatic N) is 1. The van der Waals surface area contributed by atoms with Crippen LogP contribution in [0.15, 0.2) is 65.6 Å². The Morgan fingerprint density at radius 3 is 2.29 bits per heavy atom. The van der Waals surface area contributed by atoms with Crippen molar-refractivity contribution in [3.63, 3.8) is 0 Å². The van der Waals surface area contributed by atoms with E-state index in [9.17, 15) is 21.6 Å².